The Bertz CT molecular complexity index is 734. The molecule has 2 rings (SSSR count). The SMILES string of the molecule is Cc1ccc(C(C)(c2ccc(C#N)c(C)c2)C(C)C)cc1C. The van der Waals surface area contributed by atoms with Crippen LogP contribution in [0, 0.1) is 38.0 Å². The van der Waals surface area contributed by atoms with Gasteiger partial charge in [-0.3, -0.25) is 0 Å². The van der Waals surface area contributed by atoms with Crippen LogP contribution in [0.2, 0.25) is 0 Å². The minimum atomic E-state index is -0.0583. The van der Waals surface area contributed by atoms with Gasteiger partial charge in [0.2, 0.25) is 0 Å². The second kappa shape index (κ2) is 5.97. The molecule has 0 saturated heterocycles. The third-order valence-corrected chi connectivity index (χ3v) is 5.21. The highest BCUT2D eigenvalue weighted by molar-refractivity contribution is 5.47. The molecule has 0 bridgehead atoms. The first-order valence-corrected chi connectivity index (χ1v) is 7.89. The van der Waals surface area contributed by atoms with E-state index in [1.165, 1.54) is 22.3 Å². The summed E-state index contributed by atoms with van der Waals surface area (Å²) in [5, 5.41) is 9.16. The molecule has 1 unspecified atom stereocenters. The molecular formula is C21H25N. The Kier molecular flexibility index (Phi) is 4.42. The van der Waals surface area contributed by atoms with Gasteiger partial charge in [0.15, 0.2) is 0 Å². The standard InChI is InChI=1S/C21H25N/c1-14(2)21(6,19-9-7-15(3)16(4)11-19)20-10-8-18(13-22)17(5)12-20/h7-12,14H,1-6H3. The van der Waals surface area contributed by atoms with E-state index < -0.39 is 0 Å². The van der Waals surface area contributed by atoms with Crippen molar-refractivity contribution in [2.24, 2.45) is 5.92 Å². The van der Waals surface area contributed by atoms with Crippen molar-refractivity contribution < 1.29 is 0 Å². The zero-order valence-electron chi connectivity index (χ0n) is 14.5. The summed E-state index contributed by atoms with van der Waals surface area (Å²) in [5.41, 5.74) is 7.03. The van der Waals surface area contributed by atoms with Gasteiger partial charge in [-0.25, -0.2) is 0 Å². The van der Waals surface area contributed by atoms with E-state index in [1.807, 2.05) is 13.0 Å². The number of nitriles is 1. The van der Waals surface area contributed by atoms with Crippen molar-refractivity contribution >= 4 is 0 Å². The molecule has 2 aromatic rings. The smallest absolute Gasteiger partial charge is 0.0994 e. The molecule has 22 heavy (non-hydrogen) atoms. The van der Waals surface area contributed by atoms with Gasteiger partial charge < -0.3 is 0 Å². The Morgan fingerprint density at radius 1 is 0.864 bits per heavy atom. The van der Waals surface area contributed by atoms with Gasteiger partial charge in [0.25, 0.3) is 0 Å². The van der Waals surface area contributed by atoms with Gasteiger partial charge in [-0.05, 0) is 60.6 Å². The zero-order chi connectivity index (χ0) is 16.5. The van der Waals surface area contributed by atoms with Crippen LogP contribution in [0.3, 0.4) is 0 Å². The molecule has 2 aromatic carbocycles. The van der Waals surface area contributed by atoms with E-state index in [1.54, 1.807) is 0 Å². The second-order valence-corrected chi connectivity index (χ2v) is 6.80. The van der Waals surface area contributed by atoms with Crippen LogP contribution in [0.15, 0.2) is 36.4 Å². The highest BCUT2D eigenvalue weighted by atomic mass is 14.4. The van der Waals surface area contributed by atoms with Gasteiger partial charge in [-0.2, -0.15) is 5.26 Å². The Morgan fingerprint density at radius 3 is 1.86 bits per heavy atom. The summed E-state index contributed by atoms with van der Waals surface area (Å²) in [6.45, 7) is 13.2. The van der Waals surface area contributed by atoms with Gasteiger partial charge in [-0.1, -0.05) is 51.1 Å². The Balaban J connectivity index is 2.64. The number of aryl methyl sites for hydroxylation is 3. The van der Waals surface area contributed by atoms with E-state index in [9.17, 15) is 0 Å². The minimum Gasteiger partial charge on any atom is -0.192 e. The highest BCUT2D eigenvalue weighted by Gasteiger charge is 2.33. The lowest BCUT2D eigenvalue weighted by Crippen LogP contribution is -2.30. The number of nitrogens with zero attached hydrogens (tertiary/aromatic N) is 1. The molecule has 0 aliphatic heterocycles. The third-order valence-electron chi connectivity index (χ3n) is 5.21. The van der Waals surface area contributed by atoms with Crippen LogP contribution >= 0.6 is 0 Å². The molecule has 1 atom stereocenters. The van der Waals surface area contributed by atoms with E-state index in [2.05, 4.69) is 71.0 Å². The normalized spacial score (nSPS) is 13.7. The zero-order valence-corrected chi connectivity index (χ0v) is 14.5. The Hall–Kier alpha value is -2.07. The molecule has 1 nitrogen and oxygen atoms in total. The van der Waals surface area contributed by atoms with E-state index in [0.717, 1.165) is 11.1 Å². The van der Waals surface area contributed by atoms with Crippen molar-refractivity contribution in [1.82, 2.24) is 0 Å². The second-order valence-electron chi connectivity index (χ2n) is 6.80. The molecule has 0 aliphatic rings. The van der Waals surface area contributed by atoms with Crippen molar-refractivity contribution in [3.63, 3.8) is 0 Å². The molecule has 0 heterocycles. The van der Waals surface area contributed by atoms with Crippen LogP contribution in [0.1, 0.15) is 54.2 Å². The lowest BCUT2D eigenvalue weighted by Gasteiger charge is -2.36. The fraction of sp³-hybridized carbons (Fsp3) is 0.381. The molecule has 0 fully saturated rings. The predicted molar refractivity (Wildman–Crippen MR) is 93.1 cm³/mol. The fourth-order valence-electron chi connectivity index (χ4n) is 3.01. The summed E-state index contributed by atoms with van der Waals surface area (Å²) >= 11 is 0. The molecule has 0 radical (unpaired) electrons. The average Bonchev–Trinajstić information content (AvgIpc) is 2.48. The highest BCUT2D eigenvalue weighted by Crippen LogP contribution is 2.40. The maximum absolute atomic E-state index is 9.16. The number of rotatable bonds is 3. The van der Waals surface area contributed by atoms with Crippen molar-refractivity contribution in [3.8, 4) is 6.07 Å². The molecule has 0 aliphatic carbocycles. The first kappa shape index (κ1) is 16.3. The van der Waals surface area contributed by atoms with Crippen molar-refractivity contribution in [1.29, 1.82) is 5.26 Å². The van der Waals surface area contributed by atoms with Gasteiger partial charge in [0.1, 0.15) is 0 Å². The molecule has 0 spiro atoms. The van der Waals surface area contributed by atoms with E-state index in [0.29, 0.717) is 5.92 Å². The summed E-state index contributed by atoms with van der Waals surface area (Å²) in [6, 6.07) is 15.3. The molecule has 1 heteroatoms. The summed E-state index contributed by atoms with van der Waals surface area (Å²) in [7, 11) is 0. The van der Waals surface area contributed by atoms with Crippen LogP contribution in [0.5, 0.6) is 0 Å². The lowest BCUT2D eigenvalue weighted by molar-refractivity contribution is 0.405. The topological polar surface area (TPSA) is 23.8 Å². The fourth-order valence-corrected chi connectivity index (χ4v) is 3.01. The summed E-state index contributed by atoms with van der Waals surface area (Å²) in [6.07, 6.45) is 0. The molecule has 0 saturated carbocycles. The number of hydrogen-bond donors (Lipinski definition) is 0. The van der Waals surface area contributed by atoms with E-state index in [4.69, 9.17) is 5.26 Å². The maximum atomic E-state index is 9.16. The summed E-state index contributed by atoms with van der Waals surface area (Å²) in [4.78, 5) is 0. The van der Waals surface area contributed by atoms with Gasteiger partial charge in [0.05, 0.1) is 11.6 Å². The predicted octanol–water partition coefficient (Wildman–Crippen LogP) is 5.45. The number of hydrogen-bond acceptors (Lipinski definition) is 1. The summed E-state index contributed by atoms with van der Waals surface area (Å²) < 4.78 is 0. The van der Waals surface area contributed by atoms with Crippen LogP contribution in [0.4, 0.5) is 0 Å². The van der Waals surface area contributed by atoms with Crippen LogP contribution < -0.4 is 0 Å². The molecular weight excluding hydrogens is 266 g/mol. The maximum Gasteiger partial charge on any atom is 0.0994 e. The Morgan fingerprint density at radius 2 is 1.41 bits per heavy atom. The monoisotopic (exact) mass is 291 g/mol. The van der Waals surface area contributed by atoms with Gasteiger partial charge in [0, 0.05) is 5.41 Å². The van der Waals surface area contributed by atoms with Gasteiger partial charge >= 0.3 is 0 Å². The first-order chi connectivity index (χ1) is 10.3. The van der Waals surface area contributed by atoms with E-state index in [-0.39, 0.29) is 5.41 Å². The Labute approximate surface area is 134 Å². The first-order valence-electron chi connectivity index (χ1n) is 7.89. The average molecular weight is 291 g/mol. The van der Waals surface area contributed by atoms with Crippen molar-refractivity contribution in [2.45, 2.75) is 47.0 Å². The molecule has 0 aromatic heterocycles. The third kappa shape index (κ3) is 2.66. The largest absolute Gasteiger partial charge is 0.192 e. The lowest BCUT2D eigenvalue weighted by atomic mass is 9.68. The van der Waals surface area contributed by atoms with Gasteiger partial charge in [-0.15, -0.1) is 0 Å². The molecule has 114 valence electrons. The van der Waals surface area contributed by atoms with Crippen LogP contribution in [-0.4, -0.2) is 0 Å². The minimum absolute atomic E-state index is 0.0583. The number of benzene rings is 2. The van der Waals surface area contributed by atoms with E-state index >= 15 is 0 Å². The van der Waals surface area contributed by atoms with Crippen molar-refractivity contribution in [2.75, 3.05) is 0 Å². The summed E-state index contributed by atoms with van der Waals surface area (Å²) in [5.74, 6) is 0.460. The van der Waals surface area contributed by atoms with Crippen molar-refractivity contribution in [3.05, 3.63) is 69.8 Å². The van der Waals surface area contributed by atoms with Crippen LogP contribution in [-0.2, 0) is 5.41 Å². The van der Waals surface area contributed by atoms with Crippen LogP contribution in [0.25, 0.3) is 0 Å². The molecule has 0 N–H and O–H groups in total. The quantitative estimate of drug-likeness (QED) is 0.738. The molecule has 0 amide bonds.